The lowest BCUT2D eigenvalue weighted by molar-refractivity contribution is -0.135. The number of halogens is 1. The third-order valence-corrected chi connectivity index (χ3v) is 3.46. The number of amides is 1. The van der Waals surface area contributed by atoms with Gasteiger partial charge in [0.2, 0.25) is 5.91 Å². The Morgan fingerprint density at radius 1 is 1.43 bits per heavy atom. The zero-order valence-electron chi connectivity index (χ0n) is 12.2. The highest BCUT2D eigenvalue weighted by atomic mass is 19.1. The number of hydrogen-bond acceptors (Lipinski definition) is 4. The lowest BCUT2D eigenvalue weighted by Crippen LogP contribution is -2.41. The van der Waals surface area contributed by atoms with Crippen LogP contribution in [0.2, 0.25) is 0 Å². The Hall–Kier alpha value is -1.66. The molecule has 0 saturated carbocycles. The van der Waals surface area contributed by atoms with Crippen LogP contribution in [0.25, 0.3) is 0 Å². The maximum Gasteiger partial charge on any atom is 0.224 e. The van der Waals surface area contributed by atoms with Crippen LogP contribution in [0, 0.1) is 5.82 Å². The number of carbonyl (C=O) groups is 1. The number of carbonyl (C=O) groups excluding carboxylic acids is 1. The van der Waals surface area contributed by atoms with E-state index in [0.717, 1.165) is 0 Å². The molecule has 1 aliphatic heterocycles. The molecule has 1 aromatic carbocycles. The average molecular weight is 296 g/mol. The molecule has 0 aliphatic carbocycles. The van der Waals surface area contributed by atoms with Crippen molar-refractivity contribution in [3.8, 4) is 5.75 Å². The van der Waals surface area contributed by atoms with E-state index < -0.39 is 0 Å². The molecule has 0 spiro atoms. The molecule has 0 aromatic heterocycles. The molecular formula is C15H21FN2O3. The molecule has 0 unspecified atom stereocenters. The molecule has 6 heteroatoms. The van der Waals surface area contributed by atoms with Crippen LogP contribution < -0.4 is 10.1 Å². The lowest BCUT2D eigenvalue weighted by Gasteiger charge is -2.26. The first-order valence-electron chi connectivity index (χ1n) is 7.09. The number of morpholine rings is 1. The average Bonchev–Trinajstić information content (AvgIpc) is 2.53. The zero-order valence-corrected chi connectivity index (χ0v) is 12.2. The van der Waals surface area contributed by atoms with E-state index in [1.807, 2.05) is 0 Å². The smallest absolute Gasteiger partial charge is 0.224 e. The summed E-state index contributed by atoms with van der Waals surface area (Å²) in [5, 5.41) is 3.09. The Labute approximate surface area is 124 Å². The number of methoxy groups -OCH3 is 1. The molecule has 1 N–H and O–H groups in total. The van der Waals surface area contributed by atoms with Gasteiger partial charge in [0.15, 0.2) is 0 Å². The van der Waals surface area contributed by atoms with Crippen LogP contribution >= 0.6 is 0 Å². The first-order chi connectivity index (χ1) is 10.2. The number of benzene rings is 1. The molecule has 5 nitrogen and oxygen atoms in total. The molecule has 1 fully saturated rings. The summed E-state index contributed by atoms with van der Waals surface area (Å²) in [5.41, 5.74) is 0.564. The van der Waals surface area contributed by atoms with Crippen molar-refractivity contribution in [3.05, 3.63) is 29.6 Å². The normalized spacial score (nSPS) is 15.0. The molecule has 1 saturated heterocycles. The van der Waals surface area contributed by atoms with Gasteiger partial charge in [0.05, 0.1) is 20.3 Å². The van der Waals surface area contributed by atoms with E-state index in [0.29, 0.717) is 57.1 Å². The molecule has 21 heavy (non-hydrogen) atoms. The standard InChI is InChI=1S/C15H21FN2O3/c1-20-13-3-2-12(14(16)10-13)11-17-5-4-15(19)18-6-8-21-9-7-18/h2-3,10,17H,4-9,11H2,1H3. The van der Waals surface area contributed by atoms with Crippen LogP contribution in [0.3, 0.4) is 0 Å². The van der Waals surface area contributed by atoms with Crippen LogP contribution in [0.15, 0.2) is 18.2 Å². The Kier molecular flexibility index (Phi) is 5.95. The Bertz CT molecular complexity index is 476. The molecule has 0 bridgehead atoms. The monoisotopic (exact) mass is 296 g/mol. The minimum absolute atomic E-state index is 0.112. The summed E-state index contributed by atoms with van der Waals surface area (Å²) in [6, 6.07) is 4.76. The van der Waals surface area contributed by atoms with Crippen molar-refractivity contribution >= 4 is 5.91 Å². The Morgan fingerprint density at radius 2 is 2.19 bits per heavy atom. The SMILES string of the molecule is COc1ccc(CNCCC(=O)N2CCOCC2)c(F)c1. The van der Waals surface area contributed by atoms with Gasteiger partial charge in [-0.15, -0.1) is 0 Å². The summed E-state index contributed by atoms with van der Waals surface area (Å²) in [7, 11) is 1.50. The zero-order chi connectivity index (χ0) is 15.1. The second-order valence-electron chi connectivity index (χ2n) is 4.88. The topological polar surface area (TPSA) is 50.8 Å². The van der Waals surface area contributed by atoms with Gasteiger partial charge >= 0.3 is 0 Å². The minimum atomic E-state index is -0.304. The van der Waals surface area contributed by atoms with Crippen LogP contribution in [0.4, 0.5) is 4.39 Å². The summed E-state index contributed by atoms with van der Waals surface area (Å²) < 4.78 is 23.9. The van der Waals surface area contributed by atoms with E-state index in [1.165, 1.54) is 13.2 Å². The number of nitrogens with one attached hydrogen (secondary N) is 1. The van der Waals surface area contributed by atoms with Crippen molar-refractivity contribution in [2.24, 2.45) is 0 Å². The lowest BCUT2D eigenvalue weighted by atomic mass is 10.2. The molecule has 1 amide bonds. The van der Waals surface area contributed by atoms with Crippen molar-refractivity contribution in [1.29, 1.82) is 0 Å². The van der Waals surface area contributed by atoms with Gasteiger partial charge in [0.1, 0.15) is 11.6 Å². The van der Waals surface area contributed by atoms with Gasteiger partial charge in [0, 0.05) is 44.2 Å². The summed E-state index contributed by atoms with van der Waals surface area (Å²) in [6.45, 7) is 3.46. The fourth-order valence-electron chi connectivity index (χ4n) is 2.19. The number of hydrogen-bond donors (Lipinski definition) is 1. The maximum atomic E-state index is 13.7. The van der Waals surface area contributed by atoms with E-state index in [9.17, 15) is 9.18 Å². The molecular weight excluding hydrogens is 275 g/mol. The molecule has 1 aliphatic rings. The van der Waals surface area contributed by atoms with Crippen molar-refractivity contribution in [2.45, 2.75) is 13.0 Å². The van der Waals surface area contributed by atoms with E-state index in [-0.39, 0.29) is 11.7 Å². The maximum absolute atomic E-state index is 13.7. The predicted molar refractivity (Wildman–Crippen MR) is 76.7 cm³/mol. The summed E-state index contributed by atoms with van der Waals surface area (Å²) >= 11 is 0. The highest BCUT2D eigenvalue weighted by Crippen LogP contribution is 2.15. The largest absolute Gasteiger partial charge is 0.497 e. The fraction of sp³-hybridized carbons (Fsp3) is 0.533. The first kappa shape index (κ1) is 15.7. The van der Waals surface area contributed by atoms with E-state index in [4.69, 9.17) is 9.47 Å². The molecule has 1 heterocycles. The minimum Gasteiger partial charge on any atom is -0.497 e. The Balaban J connectivity index is 1.70. The third-order valence-electron chi connectivity index (χ3n) is 3.46. The van der Waals surface area contributed by atoms with Crippen molar-refractivity contribution in [1.82, 2.24) is 10.2 Å². The van der Waals surface area contributed by atoms with E-state index >= 15 is 0 Å². The highest BCUT2D eigenvalue weighted by molar-refractivity contribution is 5.76. The van der Waals surface area contributed by atoms with Crippen LogP contribution in [0.5, 0.6) is 5.75 Å². The molecule has 116 valence electrons. The Morgan fingerprint density at radius 3 is 2.86 bits per heavy atom. The molecule has 0 radical (unpaired) electrons. The molecule has 2 rings (SSSR count). The number of ether oxygens (including phenoxy) is 2. The highest BCUT2D eigenvalue weighted by Gasteiger charge is 2.15. The van der Waals surface area contributed by atoms with Gasteiger partial charge in [-0.2, -0.15) is 0 Å². The van der Waals surface area contributed by atoms with Crippen LogP contribution in [0.1, 0.15) is 12.0 Å². The second kappa shape index (κ2) is 7.95. The van der Waals surface area contributed by atoms with E-state index in [1.54, 1.807) is 17.0 Å². The molecule has 0 atom stereocenters. The van der Waals surface area contributed by atoms with E-state index in [2.05, 4.69) is 5.32 Å². The van der Waals surface area contributed by atoms with Gasteiger partial charge in [-0.1, -0.05) is 6.07 Å². The number of nitrogens with zero attached hydrogens (tertiary/aromatic N) is 1. The quantitative estimate of drug-likeness (QED) is 0.801. The van der Waals surface area contributed by atoms with Crippen LogP contribution in [-0.2, 0) is 16.1 Å². The predicted octanol–water partition coefficient (Wildman–Crippen LogP) is 1.17. The summed E-state index contributed by atoms with van der Waals surface area (Å²) in [6.07, 6.45) is 0.414. The van der Waals surface area contributed by atoms with Gasteiger partial charge in [-0.25, -0.2) is 4.39 Å². The fourth-order valence-corrected chi connectivity index (χ4v) is 2.19. The van der Waals surface area contributed by atoms with Gasteiger partial charge in [-0.05, 0) is 6.07 Å². The van der Waals surface area contributed by atoms with Gasteiger partial charge in [-0.3, -0.25) is 4.79 Å². The molecule has 1 aromatic rings. The van der Waals surface area contributed by atoms with Crippen molar-refractivity contribution in [2.75, 3.05) is 40.0 Å². The summed E-state index contributed by atoms with van der Waals surface area (Å²) in [4.78, 5) is 13.7. The summed E-state index contributed by atoms with van der Waals surface area (Å²) in [5.74, 6) is 0.307. The second-order valence-corrected chi connectivity index (χ2v) is 4.88. The number of rotatable bonds is 6. The third kappa shape index (κ3) is 4.68. The van der Waals surface area contributed by atoms with Crippen LogP contribution in [-0.4, -0.2) is 50.8 Å². The van der Waals surface area contributed by atoms with Gasteiger partial charge < -0.3 is 19.7 Å². The van der Waals surface area contributed by atoms with Gasteiger partial charge in [0.25, 0.3) is 0 Å². The van der Waals surface area contributed by atoms with Crippen molar-refractivity contribution in [3.63, 3.8) is 0 Å². The first-order valence-corrected chi connectivity index (χ1v) is 7.09. The van der Waals surface area contributed by atoms with Crippen molar-refractivity contribution < 1.29 is 18.7 Å².